The van der Waals surface area contributed by atoms with Crippen LogP contribution >= 0.6 is 0 Å². The Morgan fingerprint density at radius 3 is 2.61 bits per heavy atom. The molecule has 1 heterocycles. The van der Waals surface area contributed by atoms with E-state index < -0.39 is 0 Å². The van der Waals surface area contributed by atoms with Gasteiger partial charge in [-0.15, -0.1) is 0 Å². The fraction of sp³-hybridized carbons (Fsp3) is 0.632. The van der Waals surface area contributed by atoms with Crippen LogP contribution in [0.2, 0.25) is 0 Å². The van der Waals surface area contributed by atoms with E-state index in [4.69, 9.17) is 5.73 Å². The Balaban J connectivity index is 1.52. The molecule has 0 bridgehead atoms. The Bertz CT molecular complexity index is 441. The van der Waals surface area contributed by atoms with Crippen molar-refractivity contribution in [3.63, 3.8) is 0 Å². The zero-order valence-corrected chi connectivity index (χ0v) is 14.2. The molecule has 1 aliphatic heterocycles. The van der Waals surface area contributed by atoms with E-state index in [1.165, 1.54) is 37.9 Å². The average molecular weight is 317 g/mol. The number of rotatable bonds is 9. The van der Waals surface area contributed by atoms with Crippen molar-refractivity contribution in [2.75, 3.05) is 32.7 Å². The maximum Gasteiger partial charge on any atom is 0.221 e. The van der Waals surface area contributed by atoms with Crippen molar-refractivity contribution in [3.05, 3.63) is 35.9 Å². The first-order valence-corrected chi connectivity index (χ1v) is 9.01. The van der Waals surface area contributed by atoms with Crippen LogP contribution in [0.25, 0.3) is 0 Å². The predicted octanol–water partition coefficient (Wildman–Crippen LogP) is 2.19. The van der Waals surface area contributed by atoms with Crippen LogP contribution in [0.5, 0.6) is 0 Å². The normalized spacial score (nSPS) is 16.4. The molecule has 1 aromatic rings. The third-order valence-corrected chi connectivity index (χ3v) is 4.67. The lowest BCUT2D eigenvalue weighted by Crippen LogP contribution is -2.35. The number of carbonyl (C=O) groups is 1. The number of nitrogens with one attached hydrogen (secondary N) is 1. The maximum atomic E-state index is 11.3. The molecule has 4 heteroatoms. The van der Waals surface area contributed by atoms with Gasteiger partial charge in [-0.3, -0.25) is 4.79 Å². The van der Waals surface area contributed by atoms with Crippen molar-refractivity contribution in [3.8, 4) is 0 Å². The van der Waals surface area contributed by atoms with Crippen LogP contribution in [0.15, 0.2) is 30.3 Å². The number of carbonyl (C=O) groups excluding carboxylic acids is 1. The minimum Gasteiger partial charge on any atom is -0.356 e. The topological polar surface area (TPSA) is 58.4 Å². The second-order valence-corrected chi connectivity index (χ2v) is 6.57. The summed E-state index contributed by atoms with van der Waals surface area (Å²) in [6, 6.07) is 10.8. The number of nitrogens with zero attached hydrogens (tertiary/aromatic N) is 1. The SMILES string of the molecule is NCCC(=O)NCCCCN1CCC(Cc2ccccc2)CC1. The lowest BCUT2D eigenvalue weighted by molar-refractivity contribution is -0.120. The van der Waals surface area contributed by atoms with Crippen molar-refractivity contribution in [2.45, 2.75) is 38.5 Å². The lowest BCUT2D eigenvalue weighted by Gasteiger charge is -2.32. The first kappa shape index (κ1) is 18.0. The van der Waals surface area contributed by atoms with Gasteiger partial charge in [-0.1, -0.05) is 30.3 Å². The molecule has 23 heavy (non-hydrogen) atoms. The number of piperidine rings is 1. The summed E-state index contributed by atoms with van der Waals surface area (Å²) in [5.74, 6) is 0.915. The Morgan fingerprint density at radius 2 is 1.91 bits per heavy atom. The van der Waals surface area contributed by atoms with Crippen LogP contribution in [0.1, 0.15) is 37.7 Å². The second kappa shape index (κ2) is 10.4. The summed E-state index contributed by atoms with van der Waals surface area (Å²) in [7, 11) is 0. The van der Waals surface area contributed by atoms with E-state index in [0.717, 1.165) is 31.8 Å². The number of unbranched alkanes of at least 4 members (excludes halogenated alkanes) is 1. The molecule has 1 amide bonds. The molecule has 0 aromatic heterocycles. The van der Waals surface area contributed by atoms with Gasteiger partial charge in [0.1, 0.15) is 0 Å². The Hall–Kier alpha value is -1.39. The van der Waals surface area contributed by atoms with Gasteiger partial charge < -0.3 is 16.0 Å². The lowest BCUT2D eigenvalue weighted by atomic mass is 9.90. The van der Waals surface area contributed by atoms with Crippen LogP contribution in [-0.4, -0.2) is 43.5 Å². The van der Waals surface area contributed by atoms with E-state index in [-0.39, 0.29) is 5.91 Å². The Labute approximate surface area is 140 Å². The van der Waals surface area contributed by atoms with Gasteiger partial charge >= 0.3 is 0 Å². The van der Waals surface area contributed by atoms with Gasteiger partial charge in [0.2, 0.25) is 5.91 Å². The summed E-state index contributed by atoms with van der Waals surface area (Å²) in [5, 5.41) is 2.92. The molecule has 4 nitrogen and oxygen atoms in total. The molecular weight excluding hydrogens is 286 g/mol. The highest BCUT2D eigenvalue weighted by molar-refractivity contribution is 5.75. The molecule has 1 aliphatic rings. The minimum absolute atomic E-state index is 0.0780. The first-order valence-electron chi connectivity index (χ1n) is 9.01. The number of hydrogen-bond donors (Lipinski definition) is 2. The molecule has 0 aliphatic carbocycles. The van der Waals surface area contributed by atoms with Crippen LogP contribution < -0.4 is 11.1 Å². The summed E-state index contributed by atoms with van der Waals surface area (Å²) in [4.78, 5) is 13.9. The molecule has 0 unspecified atom stereocenters. The zero-order chi connectivity index (χ0) is 16.3. The van der Waals surface area contributed by atoms with E-state index in [1.807, 2.05) is 0 Å². The standard InChI is InChI=1S/C19H31N3O/c20-11-8-19(23)21-12-4-5-13-22-14-9-18(10-15-22)16-17-6-2-1-3-7-17/h1-3,6-7,18H,4-5,8-16,20H2,(H,21,23). The van der Waals surface area contributed by atoms with Crippen LogP contribution in [0, 0.1) is 5.92 Å². The molecule has 0 atom stereocenters. The molecule has 1 fully saturated rings. The van der Waals surface area contributed by atoms with Gasteiger partial charge in [-0.05, 0) is 63.2 Å². The molecule has 1 saturated heterocycles. The molecule has 3 N–H and O–H groups in total. The molecule has 1 aromatic carbocycles. The van der Waals surface area contributed by atoms with Crippen molar-refractivity contribution in [1.29, 1.82) is 0 Å². The Kier molecular flexibility index (Phi) is 8.12. The number of likely N-dealkylation sites (tertiary alicyclic amines) is 1. The van der Waals surface area contributed by atoms with E-state index in [9.17, 15) is 4.79 Å². The average Bonchev–Trinajstić information content (AvgIpc) is 2.57. The summed E-state index contributed by atoms with van der Waals surface area (Å²) < 4.78 is 0. The summed E-state index contributed by atoms with van der Waals surface area (Å²) in [6.07, 6.45) is 6.49. The van der Waals surface area contributed by atoms with Crippen molar-refractivity contribution >= 4 is 5.91 Å². The quantitative estimate of drug-likeness (QED) is 0.686. The van der Waals surface area contributed by atoms with Gasteiger partial charge in [0.25, 0.3) is 0 Å². The smallest absolute Gasteiger partial charge is 0.221 e. The van der Waals surface area contributed by atoms with Gasteiger partial charge in [0.05, 0.1) is 0 Å². The van der Waals surface area contributed by atoms with E-state index in [1.54, 1.807) is 0 Å². The third-order valence-electron chi connectivity index (χ3n) is 4.67. The van der Waals surface area contributed by atoms with Crippen LogP contribution in [-0.2, 0) is 11.2 Å². The van der Waals surface area contributed by atoms with Crippen molar-refractivity contribution < 1.29 is 4.79 Å². The number of hydrogen-bond acceptors (Lipinski definition) is 3. The zero-order valence-electron chi connectivity index (χ0n) is 14.2. The molecule has 2 rings (SSSR count). The summed E-state index contributed by atoms with van der Waals surface area (Å²) in [5.41, 5.74) is 6.82. The number of amides is 1. The number of benzene rings is 1. The first-order chi connectivity index (χ1) is 11.3. The summed E-state index contributed by atoms with van der Waals surface area (Å²) in [6.45, 7) is 4.81. The molecule has 0 saturated carbocycles. The van der Waals surface area contributed by atoms with Crippen LogP contribution in [0.3, 0.4) is 0 Å². The van der Waals surface area contributed by atoms with Gasteiger partial charge in [0, 0.05) is 19.5 Å². The summed E-state index contributed by atoms with van der Waals surface area (Å²) >= 11 is 0. The fourth-order valence-corrected chi connectivity index (χ4v) is 3.27. The highest BCUT2D eigenvalue weighted by atomic mass is 16.1. The molecule has 128 valence electrons. The largest absolute Gasteiger partial charge is 0.356 e. The van der Waals surface area contributed by atoms with E-state index in [2.05, 4.69) is 40.5 Å². The highest BCUT2D eigenvalue weighted by Gasteiger charge is 2.18. The molecular formula is C19H31N3O. The Morgan fingerprint density at radius 1 is 1.17 bits per heavy atom. The molecule has 0 spiro atoms. The third kappa shape index (κ3) is 7.14. The molecule has 0 radical (unpaired) electrons. The highest BCUT2D eigenvalue weighted by Crippen LogP contribution is 2.21. The maximum absolute atomic E-state index is 11.3. The number of nitrogens with two attached hydrogens (primary N) is 1. The van der Waals surface area contributed by atoms with E-state index >= 15 is 0 Å². The van der Waals surface area contributed by atoms with Crippen LogP contribution in [0.4, 0.5) is 0 Å². The van der Waals surface area contributed by atoms with Gasteiger partial charge in [-0.25, -0.2) is 0 Å². The van der Waals surface area contributed by atoms with Crippen molar-refractivity contribution in [2.24, 2.45) is 11.7 Å². The second-order valence-electron chi connectivity index (χ2n) is 6.57. The van der Waals surface area contributed by atoms with E-state index in [0.29, 0.717) is 13.0 Å². The van der Waals surface area contributed by atoms with Crippen molar-refractivity contribution in [1.82, 2.24) is 10.2 Å². The monoisotopic (exact) mass is 317 g/mol. The fourth-order valence-electron chi connectivity index (χ4n) is 3.27. The minimum atomic E-state index is 0.0780. The predicted molar refractivity (Wildman–Crippen MR) is 95.2 cm³/mol. The van der Waals surface area contributed by atoms with Gasteiger partial charge in [0.15, 0.2) is 0 Å². The van der Waals surface area contributed by atoms with Gasteiger partial charge in [-0.2, -0.15) is 0 Å².